The van der Waals surface area contributed by atoms with Crippen molar-refractivity contribution >= 4 is 10.9 Å². The first-order valence-corrected chi connectivity index (χ1v) is 8.73. The highest BCUT2D eigenvalue weighted by Gasteiger charge is 2.10. The standard InChI is InChI=1S/C21H24N2O2/c1-2-3-8-21(25-22)17-10-13-19(14-11-17)24-15-18-12-9-16-6-4-5-7-20(16)23-18/h4-7,9-14,21H,2-3,8,15,22H2,1H3. The van der Waals surface area contributed by atoms with Gasteiger partial charge in [0.15, 0.2) is 0 Å². The molecule has 4 nitrogen and oxygen atoms in total. The fourth-order valence-corrected chi connectivity index (χ4v) is 2.83. The number of fused-ring (bicyclic) bond motifs is 1. The van der Waals surface area contributed by atoms with E-state index in [1.807, 2.05) is 48.5 Å². The molecule has 0 saturated heterocycles. The molecule has 0 radical (unpaired) electrons. The van der Waals surface area contributed by atoms with Crippen molar-refractivity contribution in [3.63, 3.8) is 0 Å². The number of rotatable bonds is 8. The van der Waals surface area contributed by atoms with Gasteiger partial charge in [-0.2, -0.15) is 0 Å². The van der Waals surface area contributed by atoms with Gasteiger partial charge in [0.2, 0.25) is 0 Å². The summed E-state index contributed by atoms with van der Waals surface area (Å²) in [6.07, 6.45) is 3.08. The van der Waals surface area contributed by atoms with E-state index >= 15 is 0 Å². The first kappa shape index (κ1) is 17.4. The van der Waals surface area contributed by atoms with E-state index in [1.54, 1.807) is 0 Å². The lowest BCUT2D eigenvalue weighted by Crippen LogP contribution is -2.09. The lowest BCUT2D eigenvalue weighted by Gasteiger charge is -2.15. The zero-order valence-electron chi connectivity index (χ0n) is 14.5. The SMILES string of the molecule is CCCCC(ON)c1ccc(OCc2ccc3ccccc3n2)cc1. The Morgan fingerprint density at radius 1 is 1.00 bits per heavy atom. The summed E-state index contributed by atoms with van der Waals surface area (Å²) in [5, 5.41) is 1.13. The Balaban J connectivity index is 1.62. The molecule has 0 aliphatic rings. The first-order chi connectivity index (χ1) is 12.3. The summed E-state index contributed by atoms with van der Waals surface area (Å²) in [5.41, 5.74) is 2.97. The summed E-state index contributed by atoms with van der Waals surface area (Å²) >= 11 is 0. The average Bonchev–Trinajstić information content (AvgIpc) is 2.67. The lowest BCUT2D eigenvalue weighted by atomic mass is 10.0. The Morgan fingerprint density at radius 3 is 2.56 bits per heavy atom. The van der Waals surface area contributed by atoms with Crippen molar-refractivity contribution < 1.29 is 9.57 Å². The summed E-state index contributed by atoms with van der Waals surface area (Å²) < 4.78 is 5.86. The van der Waals surface area contributed by atoms with Gasteiger partial charge >= 0.3 is 0 Å². The van der Waals surface area contributed by atoms with E-state index < -0.39 is 0 Å². The van der Waals surface area contributed by atoms with Gasteiger partial charge in [0.1, 0.15) is 18.5 Å². The van der Waals surface area contributed by atoms with Crippen molar-refractivity contribution in [1.29, 1.82) is 0 Å². The predicted molar refractivity (Wildman–Crippen MR) is 100 cm³/mol. The van der Waals surface area contributed by atoms with Gasteiger partial charge in [0.05, 0.1) is 11.2 Å². The minimum atomic E-state index is -0.0591. The van der Waals surface area contributed by atoms with Gasteiger partial charge in [-0.3, -0.25) is 4.84 Å². The van der Waals surface area contributed by atoms with Crippen molar-refractivity contribution in [3.8, 4) is 5.75 Å². The molecule has 0 aliphatic heterocycles. The second-order valence-corrected chi connectivity index (χ2v) is 6.12. The second-order valence-electron chi connectivity index (χ2n) is 6.12. The summed E-state index contributed by atoms with van der Waals surface area (Å²) in [7, 11) is 0. The predicted octanol–water partition coefficient (Wildman–Crippen LogP) is 4.94. The fourth-order valence-electron chi connectivity index (χ4n) is 2.83. The van der Waals surface area contributed by atoms with Crippen molar-refractivity contribution in [2.45, 2.75) is 38.9 Å². The third-order valence-corrected chi connectivity index (χ3v) is 4.28. The quantitative estimate of drug-likeness (QED) is 0.592. The van der Waals surface area contributed by atoms with Crippen molar-refractivity contribution in [1.82, 2.24) is 4.98 Å². The second kappa shape index (κ2) is 8.60. The summed E-state index contributed by atoms with van der Waals surface area (Å²) in [6.45, 7) is 2.60. The first-order valence-electron chi connectivity index (χ1n) is 8.73. The normalized spacial score (nSPS) is 12.2. The molecule has 3 rings (SSSR count). The molecule has 0 bridgehead atoms. The van der Waals surface area contributed by atoms with Crippen LogP contribution in [-0.2, 0) is 11.4 Å². The maximum atomic E-state index is 5.86. The Labute approximate surface area is 148 Å². The number of nitrogens with zero attached hydrogens (tertiary/aromatic N) is 1. The van der Waals surface area contributed by atoms with Crippen LogP contribution in [0.5, 0.6) is 5.75 Å². The number of nitrogens with two attached hydrogens (primary N) is 1. The van der Waals surface area contributed by atoms with E-state index in [4.69, 9.17) is 15.5 Å². The zero-order chi connectivity index (χ0) is 17.5. The number of para-hydroxylation sites is 1. The van der Waals surface area contributed by atoms with Gasteiger partial charge in [-0.05, 0) is 36.2 Å². The van der Waals surface area contributed by atoms with Crippen molar-refractivity contribution in [2.24, 2.45) is 5.90 Å². The van der Waals surface area contributed by atoms with E-state index in [0.29, 0.717) is 6.61 Å². The van der Waals surface area contributed by atoms with Gasteiger partial charge in [-0.15, -0.1) is 0 Å². The zero-order valence-corrected chi connectivity index (χ0v) is 14.5. The highest BCUT2D eigenvalue weighted by molar-refractivity contribution is 5.78. The molecule has 1 heterocycles. The number of ether oxygens (including phenoxy) is 1. The molecule has 130 valence electrons. The maximum Gasteiger partial charge on any atom is 0.130 e. The molecular formula is C21H24N2O2. The highest BCUT2D eigenvalue weighted by Crippen LogP contribution is 2.24. The molecule has 1 atom stereocenters. The summed E-state index contributed by atoms with van der Waals surface area (Å²) in [6, 6.07) is 20.1. The van der Waals surface area contributed by atoms with Crippen LogP contribution in [0.2, 0.25) is 0 Å². The third-order valence-electron chi connectivity index (χ3n) is 4.28. The number of benzene rings is 2. The van der Waals surface area contributed by atoms with E-state index in [9.17, 15) is 0 Å². The monoisotopic (exact) mass is 336 g/mol. The number of unbranched alkanes of at least 4 members (excludes halogenated alkanes) is 1. The summed E-state index contributed by atoms with van der Waals surface area (Å²) in [5.74, 6) is 6.23. The topological polar surface area (TPSA) is 57.4 Å². The smallest absolute Gasteiger partial charge is 0.130 e. The van der Waals surface area contributed by atoms with Gasteiger partial charge in [0.25, 0.3) is 0 Å². The fraction of sp³-hybridized carbons (Fsp3) is 0.286. The van der Waals surface area contributed by atoms with Crippen LogP contribution in [0.25, 0.3) is 10.9 Å². The van der Waals surface area contributed by atoms with Gasteiger partial charge in [-0.25, -0.2) is 10.9 Å². The number of aromatic nitrogens is 1. The molecule has 1 aromatic heterocycles. The van der Waals surface area contributed by atoms with Gasteiger partial charge in [0, 0.05) is 5.39 Å². The maximum absolute atomic E-state index is 5.86. The summed E-state index contributed by atoms with van der Waals surface area (Å²) in [4.78, 5) is 9.72. The van der Waals surface area contributed by atoms with Crippen LogP contribution in [0.4, 0.5) is 0 Å². The Hall–Kier alpha value is -2.43. The van der Waals surface area contributed by atoms with Gasteiger partial charge in [-0.1, -0.05) is 56.2 Å². The largest absolute Gasteiger partial charge is 0.487 e. The van der Waals surface area contributed by atoms with Gasteiger partial charge < -0.3 is 4.74 Å². The number of pyridine rings is 1. The van der Waals surface area contributed by atoms with E-state index in [2.05, 4.69) is 24.0 Å². The molecule has 2 N–H and O–H groups in total. The average molecular weight is 336 g/mol. The number of hydrogen-bond acceptors (Lipinski definition) is 4. The Kier molecular flexibility index (Phi) is 5.99. The minimum absolute atomic E-state index is 0.0591. The molecule has 0 aliphatic carbocycles. The van der Waals surface area contributed by atoms with Crippen molar-refractivity contribution in [3.05, 3.63) is 71.9 Å². The molecule has 0 saturated carbocycles. The lowest BCUT2D eigenvalue weighted by molar-refractivity contribution is 0.0449. The van der Waals surface area contributed by atoms with Crippen LogP contribution in [0.15, 0.2) is 60.7 Å². The van der Waals surface area contributed by atoms with Crippen LogP contribution >= 0.6 is 0 Å². The minimum Gasteiger partial charge on any atom is -0.487 e. The van der Waals surface area contributed by atoms with Crippen LogP contribution in [0.3, 0.4) is 0 Å². The molecule has 0 fully saturated rings. The molecular weight excluding hydrogens is 312 g/mol. The van der Waals surface area contributed by atoms with Crippen LogP contribution < -0.4 is 10.6 Å². The van der Waals surface area contributed by atoms with Crippen molar-refractivity contribution in [2.75, 3.05) is 0 Å². The number of hydrogen-bond donors (Lipinski definition) is 1. The van der Waals surface area contributed by atoms with Crippen LogP contribution in [0, 0.1) is 0 Å². The molecule has 0 spiro atoms. The van der Waals surface area contributed by atoms with E-state index in [0.717, 1.165) is 47.2 Å². The molecule has 1 unspecified atom stereocenters. The molecule has 3 aromatic rings. The molecule has 4 heteroatoms. The third kappa shape index (κ3) is 4.56. The molecule has 2 aromatic carbocycles. The van der Waals surface area contributed by atoms with E-state index in [-0.39, 0.29) is 6.10 Å². The van der Waals surface area contributed by atoms with Crippen LogP contribution in [0.1, 0.15) is 43.5 Å². The van der Waals surface area contributed by atoms with Crippen LogP contribution in [-0.4, -0.2) is 4.98 Å². The Morgan fingerprint density at radius 2 is 1.80 bits per heavy atom. The van der Waals surface area contributed by atoms with E-state index in [1.165, 1.54) is 0 Å². The highest BCUT2D eigenvalue weighted by atomic mass is 16.6. The molecule has 0 amide bonds. The molecule has 25 heavy (non-hydrogen) atoms. The Bertz CT molecular complexity index is 802.